The number of hydrogen-bond donors (Lipinski definition) is 2. The molecule has 328 valence electrons. The van der Waals surface area contributed by atoms with E-state index in [0.29, 0.717) is 17.4 Å². The molecule has 0 aliphatic rings. The van der Waals surface area contributed by atoms with Crippen molar-refractivity contribution in [2.75, 3.05) is 40.9 Å². The highest BCUT2D eigenvalue weighted by Crippen LogP contribution is 2.38. The zero-order valence-corrected chi connectivity index (χ0v) is 38.0. The lowest BCUT2D eigenvalue weighted by Gasteiger charge is -2.29. The molecule has 0 aromatic carbocycles. The minimum atomic E-state index is -4.58. The summed E-state index contributed by atoms with van der Waals surface area (Å²) in [6.45, 7) is 4.64. The average Bonchev–Trinajstić information content (AvgIpc) is 3.13. The average molecular weight is 801 g/mol. The number of amides is 1. The van der Waals surface area contributed by atoms with E-state index in [1.165, 1.54) is 167 Å². The molecule has 2 N–H and O–H groups in total. The van der Waals surface area contributed by atoms with E-state index in [-0.39, 0.29) is 19.1 Å². The predicted octanol–water partition coefficient (Wildman–Crippen LogP) is 12.5. The number of carbonyl (C=O) groups is 1. The number of aliphatic hydroxyl groups is 1. The van der Waals surface area contributed by atoms with Gasteiger partial charge in [0.25, 0.3) is 7.82 Å². The Kier molecular flexibility index (Phi) is 38.2. The van der Waals surface area contributed by atoms with Gasteiger partial charge in [0.2, 0.25) is 5.91 Å². The van der Waals surface area contributed by atoms with Gasteiger partial charge >= 0.3 is 0 Å². The van der Waals surface area contributed by atoms with Gasteiger partial charge in [-0.05, 0) is 19.3 Å². The number of unbranched alkanes of at least 4 members (excludes halogenated alkanes) is 30. The zero-order chi connectivity index (χ0) is 40.7. The van der Waals surface area contributed by atoms with E-state index in [1.54, 1.807) is 6.08 Å². The first-order valence-corrected chi connectivity index (χ1v) is 25.0. The van der Waals surface area contributed by atoms with Crippen LogP contribution in [0.2, 0.25) is 0 Å². The zero-order valence-electron chi connectivity index (χ0n) is 37.1. The van der Waals surface area contributed by atoms with Crippen molar-refractivity contribution in [2.24, 2.45) is 0 Å². The summed E-state index contributed by atoms with van der Waals surface area (Å²) in [7, 11) is 1.27. The summed E-state index contributed by atoms with van der Waals surface area (Å²) >= 11 is 0. The fraction of sp³-hybridized carbons (Fsp3) is 0.935. The van der Waals surface area contributed by atoms with Crippen LogP contribution in [0.3, 0.4) is 0 Å². The van der Waals surface area contributed by atoms with Gasteiger partial charge in [-0.1, -0.05) is 212 Å². The molecule has 3 unspecified atom stereocenters. The Balaban J connectivity index is 4.19. The molecule has 0 saturated heterocycles. The second-order valence-electron chi connectivity index (χ2n) is 17.5. The molecule has 0 aromatic heterocycles. The fourth-order valence-corrected chi connectivity index (χ4v) is 7.70. The van der Waals surface area contributed by atoms with E-state index in [9.17, 15) is 19.4 Å². The molecule has 55 heavy (non-hydrogen) atoms. The number of quaternary nitrogens is 1. The van der Waals surface area contributed by atoms with Gasteiger partial charge in [-0.25, -0.2) is 0 Å². The number of hydrogen-bond acceptors (Lipinski definition) is 6. The molecule has 0 aliphatic heterocycles. The lowest BCUT2D eigenvalue weighted by atomic mass is 10.0. The number of likely N-dealkylation sites (N-methyl/N-ethyl adjacent to an activating group) is 1. The molecule has 8 nitrogen and oxygen atoms in total. The topological polar surface area (TPSA) is 108 Å². The predicted molar refractivity (Wildman–Crippen MR) is 233 cm³/mol. The third-order valence-corrected chi connectivity index (χ3v) is 11.7. The third-order valence-electron chi connectivity index (χ3n) is 10.7. The molecule has 0 fully saturated rings. The van der Waals surface area contributed by atoms with Crippen molar-refractivity contribution in [1.29, 1.82) is 0 Å². The number of phosphoric acid groups is 1. The summed E-state index contributed by atoms with van der Waals surface area (Å²) in [5, 5.41) is 13.8. The van der Waals surface area contributed by atoms with Crippen molar-refractivity contribution in [1.82, 2.24) is 5.32 Å². The Morgan fingerprint density at radius 3 is 1.36 bits per heavy atom. The molecule has 0 radical (unpaired) electrons. The van der Waals surface area contributed by atoms with E-state index in [4.69, 9.17) is 9.05 Å². The van der Waals surface area contributed by atoms with Crippen LogP contribution in [0.15, 0.2) is 12.2 Å². The molecule has 0 aliphatic carbocycles. The Bertz CT molecular complexity index is 911. The molecular weight excluding hydrogens is 707 g/mol. The van der Waals surface area contributed by atoms with Gasteiger partial charge < -0.3 is 28.8 Å². The van der Waals surface area contributed by atoms with Crippen LogP contribution in [0, 0.1) is 0 Å². The molecular formula is C46H93N2O6P. The van der Waals surface area contributed by atoms with Crippen molar-refractivity contribution < 1.29 is 32.9 Å². The maximum absolute atomic E-state index is 12.8. The van der Waals surface area contributed by atoms with E-state index in [0.717, 1.165) is 38.5 Å². The van der Waals surface area contributed by atoms with Gasteiger partial charge in [-0.15, -0.1) is 0 Å². The van der Waals surface area contributed by atoms with Crippen LogP contribution < -0.4 is 10.2 Å². The second-order valence-corrected chi connectivity index (χ2v) is 18.9. The number of phosphoric ester groups is 1. The minimum Gasteiger partial charge on any atom is -0.756 e. The third kappa shape index (κ3) is 41.2. The first-order chi connectivity index (χ1) is 26.5. The van der Waals surface area contributed by atoms with Gasteiger partial charge in [0.05, 0.1) is 39.9 Å². The maximum atomic E-state index is 12.8. The number of allylic oxidation sites excluding steroid dienone is 1. The van der Waals surface area contributed by atoms with E-state index >= 15 is 0 Å². The Labute approximate surface area is 342 Å². The monoisotopic (exact) mass is 801 g/mol. The molecule has 1 amide bonds. The van der Waals surface area contributed by atoms with Crippen LogP contribution in [0.5, 0.6) is 0 Å². The first-order valence-electron chi connectivity index (χ1n) is 23.6. The van der Waals surface area contributed by atoms with Crippen LogP contribution in [-0.4, -0.2) is 68.5 Å². The van der Waals surface area contributed by atoms with Crippen molar-refractivity contribution in [2.45, 2.75) is 238 Å². The molecule has 0 saturated carbocycles. The SMILES string of the molecule is CCCCCCCCCCCCCCCCCCCCCCCC/C=C/C(O)C(COP(=O)([O-])OCC[N+](C)(C)C)NC(=O)CCCCCCCCCCC. The van der Waals surface area contributed by atoms with E-state index in [1.807, 2.05) is 27.2 Å². The molecule has 9 heteroatoms. The molecule has 3 atom stereocenters. The van der Waals surface area contributed by atoms with Crippen LogP contribution in [-0.2, 0) is 18.4 Å². The van der Waals surface area contributed by atoms with Crippen molar-refractivity contribution in [3.63, 3.8) is 0 Å². The van der Waals surface area contributed by atoms with Crippen molar-refractivity contribution >= 4 is 13.7 Å². The molecule has 0 aromatic rings. The number of aliphatic hydroxyl groups excluding tert-OH is 1. The summed E-state index contributed by atoms with van der Waals surface area (Å²) in [6, 6.07) is -0.879. The summed E-state index contributed by atoms with van der Waals surface area (Å²) in [5.41, 5.74) is 0. The summed E-state index contributed by atoms with van der Waals surface area (Å²) in [6.07, 6.45) is 44.2. The Morgan fingerprint density at radius 1 is 0.618 bits per heavy atom. The molecule has 0 bridgehead atoms. The van der Waals surface area contributed by atoms with E-state index < -0.39 is 20.0 Å². The standard InChI is InChI=1S/C46H93N2O6P/c1-6-8-10-12-14-16-17-18-19-20-21-22-23-24-25-26-27-28-29-30-32-33-35-37-39-45(49)44(43-54-55(51,52)53-42-41-48(3,4)5)47-46(50)40-38-36-34-31-15-13-11-9-7-2/h37,39,44-45,49H,6-36,38,40-43H2,1-5H3,(H-,47,50,51,52)/b39-37+. The van der Waals surface area contributed by atoms with Gasteiger partial charge in [0.15, 0.2) is 0 Å². The van der Waals surface area contributed by atoms with Gasteiger partial charge in [0.1, 0.15) is 13.2 Å². The largest absolute Gasteiger partial charge is 0.756 e. The molecule has 0 rings (SSSR count). The lowest BCUT2D eigenvalue weighted by Crippen LogP contribution is -2.45. The smallest absolute Gasteiger partial charge is 0.268 e. The summed E-state index contributed by atoms with van der Waals surface area (Å²) in [5.74, 6) is -0.199. The van der Waals surface area contributed by atoms with Crippen LogP contribution in [0.4, 0.5) is 0 Å². The normalized spacial score (nSPS) is 14.4. The number of rotatable bonds is 43. The highest BCUT2D eigenvalue weighted by atomic mass is 31.2. The van der Waals surface area contributed by atoms with Gasteiger partial charge in [-0.2, -0.15) is 0 Å². The highest BCUT2D eigenvalue weighted by Gasteiger charge is 2.23. The van der Waals surface area contributed by atoms with Gasteiger partial charge in [0, 0.05) is 6.42 Å². The van der Waals surface area contributed by atoms with Crippen molar-refractivity contribution in [3.8, 4) is 0 Å². The Hall–Kier alpha value is -0.760. The lowest BCUT2D eigenvalue weighted by molar-refractivity contribution is -0.870. The van der Waals surface area contributed by atoms with Crippen LogP contribution in [0.1, 0.15) is 226 Å². The molecule has 0 heterocycles. The number of carbonyl (C=O) groups excluding carboxylic acids is 1. The second kappa shape index (κ2) is 38.7. The fourth-order valence-electron chi connectivity index (χ4n) is 6.98. The molecule has 0 spiro atoms. The summed E-state index contributed by atoms with van der Waals surface area (Å²) in [4.78, 5) is 25.2. The number of nitrogens with zero attached hydrogens (tertiary/aromatic N) is 1. The van der Waals surface area contributed by atoms with Crippen molar-refractivity contribution in [3.05, 3.63) is 12.2 Å². The maximum Gasteiger partial charge on any atom is 0.268 e. The quantitative estimate of drug-likeness (QED) is 0.0275. The highest BCUT2D eigenvalue weighted by molar-refractivity contribution is 7.45. The first kappa shape index (κ1) is 54.2. The van der Waals surface area contributed by atoms with Crippen LogP contribution >= 0.6 is 7.82 Å². The number of nitrogens with one attached hydrogen (secondary N) is 1. The van der Waals surface area contributed by atoms with E-state index in [2.05, 4.69) is 19.2 Å². The van der Waals surface area contributed by atoms with Crippen LogP contribution in [0.25, 0.3) is 0 Å². The minimum absolute atomic E-state index is 0.00189. The van der Waals surface area contributed by atoms with Gasteiger partial charge in [-0.3, -0.25) is 9.36 Å². The Morgan fingerprint density at radius 2 is 0.982 bits per heavy atom. The summed E-state index contributed by atoms with van der Waals surface area (Å²) < 4.78 is 23.2.